The highest BCUT2D eigenvalue weighted by Gasteiger charge is 2.28. The second kappa shape index (κ2) is 5.74. The number of aryl methyl sites for hydroxylation is 2. The summed E-state index contributed by atoms with van der Waals surface area (Å²) in [7, 11) is 1.81. The first-order valence-corrected chi connectivity index (χ1v) is 7.04. The van der Waals surface area contributed by atoms with Crippen molar-refractivity contribution >= 4 is 17.5 Å². The van der Waals surface area contributed by atoms with Crippen molar-refractivity contribution in [1.29, 1.82) is 0 Å². The van der Waals surface area contributed by atoms with Crippen LogP contribution in [0.15, 0.2) is 6.07 Å². The topological polar surface area (TPSA) is 38.1 Å². The van der Waals surface area contributed by atoms with Crippen LogP contribution in [0.4, 0.5) is 0 Å². The molecule has 0 radical (unpaired) electrons. The smallest absolute Gasteiger partial charge is 0.272 e. The maximum atomic E-state index is 12.6. The number of rotatable bonds is 4. The number of nitrogens with zero attached hydrogens (tertiary/aromatic N) is 3. The zero-order valence-corrected chi connectivity index (χ0v) is 11.8. The predicted octanol–water partition coefficient (Wildman–Crippen LogP) is 2.35. The van der Waals surface area contributed by atoms with Crippen LogP contribution >= 0.6 is 11.6 Å². The van der Waals surface area contributed by atoms with E-state index >= 15 is 0 Å². The van der Waals surface area contributed by atoms with Gasteiger partial charge in [-0.3, -0.25) is 9.48 Å². The molecule has 5 heteroatoms. The normalized spacial score (nSPS) is 16.2. The van der Waals surface area contributed by atoms with Crippen molar-refractivity contribution in [3.05, 3.63) is 17.5 Å². The fraction of sp³-hybridized carbons (Fsp3) is 0.692. The van der Waals surface area contributed by atoms with Gasteiger partial charge >= 0.3 is 0 Å². The summed E-state index contributed by atoms with van der Waals surface area (Å²) in [5.74, 6) is 0.546. The molecule has 1 heterocycles. The van der Waals surface area contributed by atoms with Crippen LogP contribution < -0.4 is 0 Å². The lowest BCUT2D eigenvalue weighted by Crippen LogP contribution is -2.41. The van der Waals surface area contributed by atoms with Gasteiger partial charge < -0.3 is 4.90 Å². The van der Waals surface area contributed by atoms with E-state index in [0.717, 1.165) is 18.5 Å². The molecule has 18 heavy (non-hydrogen) atoms. The van der Waals surface area contributed by atoms with Crippen molar-refractivity contribution in [2.45, 2.75) is 38.6 Å². The van der Waals surface area contributed by atoms with E-state index in [4.69, 9.17) is 11.6 Å². The van der Waals surface area contributed by atoms with Gasteiger partial charge in [0.05, 0.1) is 5.69 Å². The van der Waals surface area contributed by atoms with Crippen molar-refractivity contribution in [1.82, 2.24) is 14.7 Å². The Bertz CT molecular complexity index is 424. The van der Waals surface area contributed by atoms with Crippen molar-refractivity contribution in [3.63, 3.8) is 0 Å². The molecule has 0 spiro atoms. The Labute approximate surface area is 113 Å². The fourth-order valence-electron chi connectivity index (χ4n) is 2.71. The Morgan fingerprint density at radius 1 is 1.56 bits per heavy atom. The number of halogens is 1. The summed E-state index contributed by atoms with van der Waals surface area (Å²) in [6, 6.07) is 2.20. The average Bonchev–Trinajstić information content (AvgIpc) is 2.95. The van der Waals surface area contributed by atoms with E-state index in [1.807, 2.05) is 24.9 Å². The highest BCUT2D eigenvalue weighted by atomic mass is 35.5. The second-order valence-corrected chi connectivity index (χ2v) is 5.30. The Morgan fingerprint density at radius 2 is 2.22 bits per heavy atom. The van der Waals surface area contributed by atoms with Gasteiger partial charge in [-0.2, -0.15) is 5.10 Å². The third-order valence-corrected chi connectivity index (χ3v) is 3.74. The minimum absolute atomic E-state index is 0.0608. The first-order valence-electron chi connectivity index (χ1n) is 6.51. The van der Waals surface area contributed by atoms with Gasteiger partial charge in [-0.1, -0.05) is 12.8 Å². The van der Waals surface area contributed by atoms with Crippen molar-refractivity contribution in [2.24, 2.45) is 7.05 Å². The first kappa shape index (κ1) is 13.4. The lowest BCUT2D eigenvalue weighted by Gasteiger charge is -2.28. The molecule has 0 aliphatic heterocycles. The fourth-order valence-corrected chi connectivity index (χ4v) is 2.90. The zero-order valence-electron chi connectivity index (χ0n) is 11.0. The van der Waals surface area contributed by atoms with Gasteiger partial charge in [0.25, 0.3) is 5.91 Å². The van der Waals surface area contributed by atoms with Gasteiger partial charge in [-0.25, -0.2) is 0 Å². The van der Waals surface area contributed by atoms with Crippen LogP contribution in [0.3, 0.4) is 0 Å². The first-order chi connectivity index (χ1) is 8.63. The average molecular weight is 270 g/mol. The quantitative estimate of drug-likeness (QED) is 0.787. The molecule has 1 fully saturated rings. The van der Waals surface area contributed by atoms with E-state index in [-0.39, 0.29) is 5.91 Å². The number of hydrogen-bond acceptors (Lipinski definition) is 2. The number of hydrogen-bond donors (Lipinski definition) is 0. The van der Waals surface area contributed by atoms with Gasteiger partial charge in [0.15, 0.2) is 0 Å². The molecule has 2 rings (SSSR count). The summed E-state index contributed by atoms with van der Waals surface area (Å²) < 4.78 is 1.66. The van der Waals surface area contributed by atoms with E-state index in [2.05, 4.69) is 5.10 Å². The van der Waals surface area contributed by atoms with E-state index in [1.54, 1.807) is 4.68 Å². The molecule has 1 saturated carbocycles. The summed E-state index contributed by atoms with van der Waals surface area (Å²) in [4.78, 5) is 14.5. The number of aromatic nitrogens is 2. The largest absolute Gasteiger partial charge is 0.333 e. The third-order valence-electron chi connectivity index (χ3n) is 3.57. The standard InChI is InChI=1S/C13H20ClN3O/c1-10-9-12(16(2)15-10)13(18)17(8-7-14)11-5-3-4-6-11/h9,11H,3-8H2,1-2H3. The maximum absolute atomic E-state index is 12.6. The van der Waals surface area contributed by atoms with Gasteiger partial charge in [-0.15, -0.1) is 11.6 Å². The van der Waals surface area contributed by atoms with Crippen LogP contribution in [0.2, 0.25) is 0 Å². The molecule has 100 valence electrons. The van der Waals surface area contributed by atoms with E-state index in [9.17, 15) is 4.79 Å². The monoisotopic (exact) mass is 269 g/mol. The Morgan fingerprint density at radius 3 is 2.72 bits per heavy atom. The molecule has 0 N–H and O–H groups in total. The summed E-state index contributed by atoms with van der Waals surface area (Å²) in [5, 5.41) is 4.24. The highest BCUT2D eigenvalue weighted by molar-refractivity contribution is 6.18. The number of alkyl halides is 1. The summed E-state index contributed by atoms with van der Waals surface area (Å²) in [6.07, 6.45) is 4.61. The Balaban J connectivity index is 2.19. The Kier molecular flexibility index (Phi) is 4.27. The molecule has 1 amide bonds. The summed E-state index contributed by atoms with van der Waals surface area (Å²) >= 11 is 5.83. The van der Waals surface area contributed by atoms with Gasteiger partial charge in [0.1, 0.15) is 5.69 Å². The van der Waals surface area contributed by atoms with Crippen molar-refractivity contribution < 1.29 is 4.79 Å². The molecular weight excluding hydrogens is 250 g/mol. The lowest BCUT2D eigenvalue weighted by molar-refractivity contribution is 0.0684. The number of amides is 1. The van der Waals surface area contributed by atoms with Crippen LogP contribution in [0.25, 0.3) is 0 Å². The predicted molar refractivity (Wildman–Crippen MR) is 72.0 cm³/mol. The van der Waals surface area contributed by atoms with E-state index in [1.165, 1.54) is 12.8 Å². The van der Waals surface area contributed by atoms with Crippen LogP contribution in [0, 0.1) is 6.92 Å². The van der Waals surface area contributed by atoms with Crippen molar-refractivity contribution in [3.8, 4) is 0 Å². The van der Waals surface area contributed by atoms with Gasteiger partial charge in [0.2, 0.25) is 0 Å². The molecule has 0 bridgehead atoms. The third kappa shape index (κ3) is 2.69. The zero-order chi connectivity index (χ0) is 13.1. The molecule has 1 aliphatic rings. The molecule has 0 unspecified atom stereocenters. The molecule has 1 aromatic heterocycles. The highest BCUT2D eigenvalue weighted by Crippen LogP contribution is 2.25. The molecule has 4 nitrogen and oxygen atoms in total. The lowest BCUT2D eigenvalue weighted by atomic mass is 10.2. The van der Waals surface area contributed by atoms with Crippen molar-refractivity contribution in [2.75, 3.05) is 12.4 Å². The molecule has 1 aliphatic carbocycles. The van der Waals surface area contributed by atoms with E-state index < -0.39 is 0 Å². The van der Waals surface area contributed by atoms with Crippen LogP contribution in [-0.2, 0) is 7.05 Å². The maximum Gasteiger partial charge on any atom is 0.272 e. The minimum Gasteiger partial charge on any atom is -0.333 e. The summed E-state index contributed by atoms with van der Waals surface area (Å²) in [5.41, 5.74) is 1.53. The number of carbonyl (C=O) groups is 1. The van der Waals surface area contributed by atoms with Crippen LogP contribution in [0.1, 0.15) is 41.9 Å². The molecule has 1 aromatic rings. The molecular formula is C13H20ClN3O. The Hall–Kier alpha value is -1.03. The van der Waals surface area contributed by atoms with Gasteiger partial charge in [0, 0.05) is 25.5 Å². The minimum atomic E-state index is 0.0608. The van der Waals surface area contributed by atoms with Gasteiger partial charge in [-0.05, 0) is 25.8 Å². The van der Waals surface area contributed by atoms with E-state index in [0.29, 0.717) is 24.2 Å². The van der Waals surface area contributed by atoms with Crippen LogP contribution in [-0.4, -0.2) is 39.1 Å². The molecule has 0 aromatic carbocycles. The number of carbonyl (C=O) groups excluding carboxylic acids is 1. The summed E-state index contributed by atoms with van der Waals surface area (Å²) in [6.45, 7) is 2.52. The second-order valence-electron chi connectivity index (χ2n) is 4.92. The molecule has 0 saturated heterocycles. The molecule has 0 atom stereocenters. The SMILES string of the molecule is Cc1cc(C(=O)N(CCCl)C2CCCC2)n(C)n1. The van der Waals surface area contributed by atoms with Crippen LogP contribution in [0.5, 0.6) is 0 Å².